The third kappa shape index (κ3) is 3.16. The van der Waals surface area contributed by atoms with Gasteiger partial charge in [-0.1, -0.05) is 17.3 Å². The molecule has 3 rings (SSSR count). The molecule has 23 heavy (non-hydrogen) atoms. The van der Waals surface area contributed by atoms with Gasteiger partial charge in [0.15, 0.2) is 0 Å². The maximum absolute atomic E-state index is 12.4. The van der Waals surface area contributed by atoms with E-state index in [1.165, 1.54) is 0 Å². The van der Waals surface area contributed by atoms with Crippen LogP contribution >= 0.6 is 0 Å². The highest BCUT2D eigenvalue weighted by Gasteiger charge is 2.27. The van der Waals surface area contributed by atoms with Crippen LogP contribution in [0.2, 0.25) is 0 Å². The van der Waals surface area contributed by atoms with Crippen LogP contribution in [0.1, 0.15) is 23.2 Å². The maximum Gasteiger partial charge on any atom is 0.292 e. The number of amides is 1. The van der Waals surface area contributed by atoms with Gasteiger partial charge in [-0.3, -0.25) is 4.79 Å². The summed E-state index contributed by atoms with van der Waals surface area (Å²) in [4.78, 5) is 16.2. The lowest BCUT2D eigenvalue weighted by Gasteiger charge is -2.37. The Morgan fingerprint density at radius 2 is 2.22 bits per heavy atom. The van der Waals surface area contributed by atoms with Crippen LogP contribution < -0.4 is 9.64 Å². The van der Waals surface area contributed by atoms with E-state index in [0.717, 1.165) is 24.5 Å². The number of aryl methyl sites for hydroxylation is 1. The molecule has 1 unspecified atom stereocenters. The van der Waals surface area contributed by atoms with Crippen molar-refractivity contribution in [2.24, 2.45) is 0 Å². The highest BCUT2D eigenvalue weighted by Crippen LogP contribution is 2.32. The zero-order valence-electron chi connectivity index (χ0n) is 13.7. The molecule has 0 N–H and O–H groups in total. The minimum absolute atomic E-state index is 0.0807. The number of likely N-dealkylation sites (N-methyl/N-ethyl adjacent to an activating group) is 2. The molecule has 0 fully saturated rings. The number of ether oxygens (including phenoxy) is 1. The average Bonchev–Trinajstić information content (AvgIpc) is 2.99. The summed E-state index contributed by atoms with van der Waals surface area (Å²) >= 11 is 0. The van der Waals surface area contributed by atoms with Crippen LogP contribution in [-0.2, 0) is 0 Å². The fourth-order valence-corrected chi connectivity index (χ4v) is 2.81. The molecule has 1 atom stereocenters. The van der Waals surface area contributed by atoms with Crippen molar-refractivity contribution in [3.63, 3.8) is 0 Å². The van der Waals surface area contributed by atoms with Gasteiger partial charge >= 0.3 is 0 Å². The molecule has 1 aliphatic heterocycles. The van der Waals surface area contributed by atoms with Crippen LogP contribution in [0.5, 0.6) is 5.75 Å². The van der Waals surface area contributed by atoms with Crippen molar-refractivity contribution in [2.45, 2.75) is 20.0 Å². The van der Waals surface area contributed by atoms with Crippen LogP contribution in [0, 0.1) is 6.92 Å². The number of carbonyl (C=O) groups is 1. The molecule has 1 amide bonds. The Balaban J connectivity index is 1.70. The van der Waals surface area contributed by atoms with Gasteiger partial charge in [-0.2, -0.15) is 0 Å². The molecule has 2 aromatic rings. The van der Waals surface area contributed by atoms with Crippen LogP contribution in [0.15, 0.2) is 34.9 Å². The molecule has 1 aromatic carbocycles. The molecule has 0 spiro atoms. The third-order valence-electron chi connectivity index (χ3n) is 3.97. The second-order valence-corrected chi connectivity index (χ2v) is 5.76. The quantitative estimate of drug-likeness (QED) is 0.867. The molecule has 122 valence electrons. The summed E-state index contributed by atoms with van der Waals surface area (Å²) in [5.41, 5.74) is 1.80. The van der Waals surface area contributed by atoms with E-state index >= 15 is 0 Å². The van der Waals surface area contributed by atoms with Crippen LogP contribution in [0.4, 0.5) is 5.69 Å². The molecule has 0 bridgehead atoms. The average molecular weight is 315 g/mol. The largest absolute Gasteiger partial charge is 0.485 e. The van der Waals surface area contributed by atoms with E-state index in [1.54, 1.807) is 24.9 Å². The summed E-state index contributed by atoms with van der Waals surface area (Å²) < 4.78 is 11.1. The van der Waals surface area contributed by atoms with Crippen molar-refractivity contribution in [1.82, 2.24) is 10.1 Å². The number of para-hydroxylation sites is 2. The zero-order valence-corrected chi connectivity index (χ0v) is 13.7. The molecule has 2 heterocycles. The molecule has 1 aliphatic rings. The minimum Gasteiger partial charge on any atom is -0.485 e. The molecule has 6 heteroatoms. The van der Waals surface area contributed by atoms with Gasteiger partial charge in [0.2, 0.25) is 5.76 Å². The smallest absolute Gasteiger partial charge is 0.292 e. The fraction of sp³-hybridized carbons (Fsp3) is 0.412. The van der Waals surface area contributed by atoms with Crippen molar-refractivity contribution in [2.75, 3.05) is 31.6 Å². The van der Waals surface area contributed by atoms with Gasteiger partial charge in [0.1, 0.15) is 11.9 Å². The van der Waals surface area contributed by atoms with E-state index in [1.807, 2.05) is 18.2 Å². The fourth-order valence-electron chi connectivity index (χ4n) is 2.81. The Morgan fingerprint density at radius 1 is 1.43 bits per heavy atom. The number of hydrogen-bond acceptors (Lipinski definition) is 5. The zero-order chi connectivity index (χ0) is 16.4. The minimum atomic E-state index is -0.184. The van der Waals surface area contributed by atoms with E-state index in [2.05, 4.69) is 23.0 Å². The number of aromatic nitrogens is 1. The SMILES string of the molecule is CCN1CC(CN(C)C(=O)c2cc(C)no2)Oc2ccccc21. The maximum atomic E-state index is 12.4. The van der Waals surface area contributed by atoms with Gasteiger partial charge in [-0.25, -0.2) is 0 Å². The lowest BCUT2D eigenvalue weighted by Crippen LogP contribution is -2.46. The number of nitrogens with zero attached hydrogens (tertiary/aromatic N) is 3. The topological polar surface area (TPSA) is 58.8 Å². The van der Waals surface area contributed by atoms with E-state index in [9.17, 15) is 4.79 Å². The highest BCUT2D eigenvalue weighted by molar-refractivity contribution is 5.91. The second kappa shape index (κ2) is 6.32. The summed E-state index contributed by atoms with van der Waals surface area (Å²) in [5.74, 6) is 0.937. The molecule has 0 radical (unpaired) electrons. The summed E-state index contributed by atoms with van der Waals surface area (Å²) in [6, 6.07) is 9.63. The first kappa shape index (κ1) is 15.4. The second-order valence-electron chi connectivity index (χ2n) is 5.76. The van der Waals surface area contributed by atoms with Crippen molar-refractivity contribution in [1.29, 1.82) is 0 Å². The summed E-state index contributed by atoms with van der Waals surface area (Å²) in [5, 5.41) is 3.76. The van der Waals surface area contributed by atoms with E-state index in [-0.39, 0.29) is 17.8 Å². The first-order valence-corrected chi connectivity index (χ1v) is 7.78. The summed E-state index contributed by atoms with van der Waals surface area (Å²) in [6.07, 6.45) is -0.0807. The molecule has 1 aromatic heterocycles. The van der Waals surface area contributed by atoms with Crippen LogP contribution in [0.25, 0.3) is 0 Å². The molecule has 0 saturated carbocycles. The lowest BCUT2D eigenvalue weighted by molar-refractivity contribution is 0.0670. The van der Waals surface area contributed by atoms with Crippen molar-refractivity contribution in [3.8, 4) is 5.75 Å². The number of hydrogen-bond donors (Lipinski definition) is 0. The van der Waals surface area contributed by atoms with Crippen molar-refractivity contribution < 1.29 is 14.1 Å². The molecule has 0 aliphatic carbocycles. The van der Waals surface area contributed by atoms with Gasteiger partial charge < -0.3 is 19.1 Å². The number of fused-ring (bicyclic) bond motifs is 1. The lowest BCUT2D eigenvalue weighted by atomic mass is 10.2. The van der Waals surface area contributed by atoms with Gasteiger partial charge in [0, 0.05) is 19.7 Å². The Morgan fingerprint density at radius 3 is 2.91 bits per heavy atom. The first-order valence-electron chi connectivity index (χ1n) is 7.78. The molecular weight excluding hydrogens is 294 g/mol. The number of anilines is 1. The first-order chi connectivity index (χ1) is 11.1. The van der Waals surface area contributed by atoms with Gasteiger partial charge in [0.05, 0.1) is 24.5 Å². The standard InChI is InChI=1S/C17H21N3O3/c1-4-20-11-13(22-15-8-6-5-7-14(15)20)10-19(3)17(21)16-9-12(2)18-23-16/h5-9,13H,4,10-11H2,1-3H3. The van der Waals surface area contributed by atoms with E-state index in [0.29, 0.717) is 12.2 Å². The van der Waals surface area contributed by atoms with Crippen molar-refractivity contribution >= 4 is 11.6 Å². The van der Waals surface area contributed by atoms with Crippen LogP contribution in [-0.4, -0.2) is 48.7 Å². The number of benzene rings is 1. The van der Waals surface area contributed by atoms with Crippen LogP contribution in [0.3, 0.4) is 0 Å². The van der Waals surface area contributed by atoms with Crippen molar-refractivity contribution in [3.05, 3.63) is 41.8 Å². The predicted molar refractivity (Wildman–Crippen MR) is 86.9 cm³/mol. The van der Waals surface area contributed by atoms with E-state index in [4.69, 9.17) is 9.26 Å². The summed E-state index contributed by atoms with van der Waals surface area (Å²) in [6.45, 7) is 6.05. The Labute approximate surface area is 135 Å². The highest BCUT2D eigenvalue weighted by atomic mass is 16.5. The van der Waals surface area contributed by atoms with Gasteiger partial charge in [-0.05, 0) is 26.0 Å². The Bertz CT molecular complexity index is 698. The summed E-state index contributed by atoms with van der Waals surface area (Å²) in [7, 11) is 1.75. The molecule has 0 saturated heterocycles. The van der Waals surface area contributed by atoms with Gasteiger partial charge in [-0.15, -0.1) is 0 Å². The monoisotopic (exact) mass is 315 g/mol. The Kier molecular flexibility index (Phi) is 4.23. The number of carbonyl (C=O) groups excluding carboxylic acids is 1. The third-order valence-corrected chi connectivity index (χ3v) is 3.97. The molecule has 6 nitrogen and oxygen atoms in total. The number of rotatable bonds is 4. The Hall–Kier alpha value is -2.50. The van der Waals surface area contributed by atoms with Gasteiger partial charge in [0.25, 0.3) is 5.91 Å². The van der Waals surface area contributed by atoms with E-state index < -0.39 is 0 Å². The predicted octanol–water partition coefficient (Wildman–Crippen LogP) is 2.34. The normalized spacial score (nSPS) is 16.7. The molecular formula is C17H21N3O3.